The van der Waals surface area contributed by atoms with Crippen LogP contribution >= 0.6 is 0 Å². The summed E-state index contributed by atoms with van der Waals surface area (Å²) in [5.74, 6) is 0. The van der Waals surface area contributed by atoms with Gasteiger partial charge in [-0.05, 0) is 0 Å². The molecule has 1 rings (SSSR count). The largest absolute Gasteiger partial charge is 1.00 e. The van der Waals surface area contributed by atoms with E-state index in [2.05, 4.69) is 11.3 Å². The third-order valence-corrected chi connectivity index (χ3v) is 1.06. The molecule has 0 aromatic carbocycles. The molecule has 0 fully saturated rings. The van der Waals surface area contributed by atoms with Crippen molar-refractivity contribution < 1.29 is 63.3 Å². The van der Waals surface area contributed by atoms with Crippen molar-refractivity contribution in [3.8, 4) is 0 Å². The van der Waals surface area contributed by atoms with E-state index in [1.54, 1.807) is 0 Å². The predicted molar refractivity (Wildman–Crippen MR) is 31.0 cm³/mol. The molecule has 0 aromatic rings. The van der Waals surface area contributed by atoms with Gasteiger partial charge in [-0.1, -0.05) is 0 Å². The quantitative estimate of drug-likeness (QED) is 0.462. The minimum Gasteiger partial charge on any atom is -0.534 e. The normalized spacial score (nSPS) is 15.9. The van der Waals surface area contributed by atoms with Gasteiger partial charge < -0.3 is 15.0 Å². The van der Waals surface area contributed by atoms with Gasteiger partial charge in [0.1, 0.15) is 0 Å². The van der Waals surface area contributed by atoms with E-state index in [0.29, 0.717) is 6.54 Å². The maximum absolute atomic E-state index is 8.40. The fourth-order valence-electron chi connectivity index (χ4n) is 0.653. The van der Waals surface area contributed by atoms with Crippen molar-refractivity contribution in [2.75, 3.05) is 26.2 Å². The van der Waals surface area contributed by atoms with E-state index in [4.69, 9.17) is 5.11 Å². The Balaban J connectivity index is 0.000000640. The second-order valence-electron chi connectivity index (χ2n) is 1.69. The van der Waals surface area contributed by atoms with Gasteiger partial charge in [-0.3, -0.25) is 6.34 Å². The maximum Gasteiger partial charge on any atom is 1.00 e. The number of β-amino-alcohol motifs (C(OH)–C–C–N with tert-alkyl or cyclic N) is 1. The number of aliphatic imine (C=N–C) groups is 1. The maximum atomic E-state index is 8.40. The first kappa shape index (κ1) is 10.2. The van der Waals surface area contributed by atoms with E-state index < -0.39 is 0 Å². The van der Waals surface area contributed by atoms with Crippen LogP contribution in [-0.2, 0) is 0 Å². The number of hydrogen-bond acceptors (Lipinski definition) is 3. The molecule has 0 aromatic heterocycles. The van der Waals surface area contributed by atoms with E-state index >= 15 is 0 Å². The summed E-state index contributed by atoms with van der Waals surface area (Å²) in [6.45, 7) is 2.62. The zero-order valence-corrected chi connectivity index (χ0v) is 10.6. The Morgan fingerprint density at radius 2 is 2.44 bits per heavy atom. The standard InChI is InChI=1S/C5H9N2O.Rb/c8-4-3-7-2-1-6-5-7;/h8H,1-4H2;/q-1;+1. The molecule has 3 nitrogen and oxygen atoms in total. The van der Waals surface area contributed by atoms with Crippen molar-refractivity contribution in [1.82, 2.24) is 4.90 Å². The summed E-state index contributed by atoms with van der Waals surface area (Å²) in [5, 5.41) is 8.40. The van der Waals surface area contributed by atoms with Crippen molar-refractivity contribution in [1.29, 1.82) is 0 Å². The molecule has 0 radical (unpaired) electrons. The Kier molecular flexibility index (Phi) is 6.80. The monoisotopic (exact) mass is 198 g/mol. The molecule has 0 aliphatic carbocycles. The molecule has 1 N–H and O–H groups in total. The summed E-state index contributed by atoms with van der Waals surface area (Å²) in [4.78, 5) is 5.72. The third kappa shape index (κ3) is 3.83. The first-order valence-electron chi connectivity index (χ1n) is 2.71. The molecule has 0 bridgehead atoms. The predicted octanol–water partition coefficient (Wildman–Crippen LogP) is -3.80. The fourth-order valence-corrected chi connectivity index (χ4v) is 0.653. The smallest absolute Gasteiger partial charge is 0.534 e. The minimum absolute atomic E-state index is 0. The Bertz CT molecular complexity index is 97.0. The molecule has 0 saturated heterocycles. The average molecular weight is 199 g/mol. The van der Waals surface area contributed by atoms with Gasteiger partial charge in [0, 0.05) is 19.6 Å². The summed E-state index contributed by atoms with van der Waals surface area (Å²) >= 11 is 0. The van der Waals surface area contributed by atoms with Crippen LogP contribution < -0.4 is 58.2 Å². The van der Waals surface area contributed by atoms with Crippen LogP contribution in [0.3, 0.4) is 0 Å². The number of rotatable bonds is 2. The van der Waals surface area contributed by atoms with Crippen molar-refractivity contribution in [2.45, 2.75) is 0 Å². The van der Waals surface area contributed by atoms with Crippen molar-refractivity contribution >= 4 is 6.34 Å². The van der Waals surface area contributed by atoms with Crippen LogP contribution in [0.1, 0.15) is 0 Å². The van der Waals surface area contributed by atoms with Gasteiger partial charge in [-0.25, -0.2) is 0 Å². The van der Waals surface area contributed by atoms with E-state index in [0.717, 1.165) is 13.1 Å². The molecule has 0 unspecified atom stereocenters. The summed E-state index contributed by atoms with van der Waals surface area (Å²) in [6, 6.07) is 0. The van der Waals surface area contributed by atoms with Crippen LogP contribution in [0.4, 0.5) is 0 Å². The first-order chi connectivity index (χ1) is 3.93. The molecule has 0 spiro atoms. The molecular weight excluding hydrogens is 190 g/mol. The SMILES string of the molecule is OCCN1[C-]=NCC1.[Rb+]. The summed E-state index contributed by atoms with van der Waals surface area (Å²) in [6.07, 6.45) is 2.76. The second-order valence-corrected chi connectivity index (χ2v) is 1.69. The number of hydrogen-bond donors (Lipinski definition) is 1. The van der Waals surface area contributed by atoms with Crippen molar-refractivity contribution in [2.24, 2.45) is 4.99 Å². The number of aliphatic hydroxyl groups is 1. The Morgan fingerprint density at radius 1 is 1.67 bits per heavy atom. The first-order valence-corrected chi connectivity index (χ1v) is 2.71. The van der Waals surface area contributed by atoms with Crippen molar-refractivity contribution in [3.63, 3.8) is 0 Å². The fraction of sp³-hybridized carbons (Fsp3) is 0.800. The van der Waals surface area contributed by atoms with E-state index in [-0.39, 0.29) is 64.8 Å². The summed E-state index contributed by atoms with van der Waals surface area (Å²) < 4.78 is 0. The molecule has 0 saturated carbocycles. The van der Waals surface area contributed by atoms with Gasteiger partial charge in [0.25, 0.3) is 0 Å². The number of nitrogens with zero attached hydrogens (tertiary/aromatic N) is 2. The zero-order valence-electron chi connectivity index (χ0n) is 5.67. The molecule has 1 heterocycles. The van der Waals surface area contributed by atoms with Crippen LogP contribution in [0.25, 0.3) is 0 Å². The molecular formula is C5H9N2ORb. The van der Waals surface area contributed by atoms with Gasteiger partial charge in [0.05, 0.1) is 6.61 Å². The van der Waals surface area contributed by atoms with Gasteiger partial charge >= 0.3 is 58.2 Å². The van der Waals surface area contributed by atoms with E-state index in [1.807, 2.05) is 4.90 Å². The molecule has 1 aliphatic rings. The topological polar surface area (TPSA) is 35.8 Å². The summed E-state index contributed by atoms with van der Waals surface area (Å²) in [7, 11) is 0. The summed E-state index contributed by atoms with van der Waals surface area (Å²) in [5.41, 5.74) is 0. The zero-order chi connectivity index (χ0) is 5.82. The Morgan fingerprint density at radius 3 is 2.89 bits per heavy atom. The van der Waals surface area contributed by atoms with Gasteiger partial charge in [-0.15, -0.1) is 0 Å². The molecule has 0 atom stereocenters. The third-order valence-electron chi connectivity index (χ3n) is 1.06. The molecule has 1 aliphatic heterocycles. The van der Waals surface area contributed by atoms with Crippen LogP contribution in [0, 0.1) is 0 Å². The molecule has 46 valence electrons. The average Bonchev–Trinajstić information content (AvgIpc) is 2.19. The number of aliphatic hydroxyl groups excluding tert-OH is 1. The van der Waals surface area contributed by atoms with Gasteiger partial charge in [-0.2, -0.15) is 0 Å². The van der Waals surface area contributed by atoms with Gasteiger partial charge in [0.15, 0.2) is 0 Å². The van der Waals surface area contributed by atoms with Crippen LogP contribution in [0.2, 0.25) is 0 Å². The second kappa shape index (κ2) is 5.98. The van der Waals surface area contributed by atoms with Gasteiger partial charge in [0.2, 0.25) is 0 Å². The molecule has 0 amide bonds. The van der Waals surface area contributed by atoms with Crippen LogP contribution in [0.15, 0.2) is 4.99 Å². The Labute approximate surface area is 104 Å². The van der Waals surface area contributed by atoms with Crippen LogP contribution in [-0.4, -0.2) is 42.6 Å². The van der Waals surface area contributed by atoms with Crippen LogP contribution in [0.5, 0.6) is 0 Å². The molecule has 4 heteroatoms. The van der Waals surface area contributed by atoms with Crippen molar-refractivity contribution in [3.05, 3.63) is 0 Å². The Hall–Kier alpha value is 1.24. The van der Waals surface area contributed by atoms with E-state index in [1.165, 1.54) is 0 Å². The molecule has 9 heavy (non-hydrogen) atoms. The minimum atomic E-state index is 0. The van der Waals surface area contributed by atoms with E-state index in [9.17, 15) is 0 Å².